The largest absolute Gasteiger partial charge is 0.346 e. The highest BCUT2D eigenvalue weighted by molar-refractivity contribution is 5.95. The molecule has 1 aromatic rings. The zero-order chi connectivity index (χ0) is 17.7. The Morgan fingerprint density at radius 2 is 1.96 bits per heavy atom. The maximum Gasteiger partial charge on any atom is 0.243 e. The van der Waals surface area contributed by atoms with E-state index in [1.54, 1.807) is 0 Å². The molecule has 0 aliphatic carbocycles. The minimum absolute atomic E-state index is 0.191. The van der Waals surface area contributed by atoms with Crippen LogP contribution in [0, 0.1) is 17.5 Å². The normalized spacial score (nSPS) is 20.0. The van der Waals surface area contributed by atoms with Crippen molar-refractivity contribution in [3.8, 4) is 0 Å². The van der Waals surface area contributed by atoms with Gasteiger partial charge in [0.25, 0.3) is 0 Å². The van der Waals surface area contributed by atoms with Crippen LogP contribution in [0.5, 0.6) is 0 Å². The summed E-state index contributed by atoms with van der Waals surface area (Å²) in [5.74, 6) is -5.62. The molecule has 0 radical (unpaired) electrons. The molecule has 2 amide bonds. The molecule has 6 nitrogen and oxygen atoms in total. The molecule has 2 unspecified atom stereocenters. The van der Waals surface area contributed by atoms with E-state index in [-0.39, 0.29) is 11.9 Å². The molecule has 0 bridgehead atoms. The molecule has 4 N–H and O–H groups in total. The Hall–Kier alpha value is -2.13. The van der Waals surface area contributed by atoms with E-state index >= 15 is 0 Å². The summed E-state index contributed by atoms with van der Waals surface area (Å²) in [5, 5.41) is 4.49. The highest BCUT2D eigenvalue weighted by atomic mass is 19.2. The van der Waals surface area contributed by atoms with E-state index in [1.165, 1.54) is 0 Å². The predicted octanol–water partition coefficient (Wildman–Crippen LogP) is 1.19. The summed E-state index contributed by atoms with van der Waals surface area (Å²) in [6.45, 7) is 1.63. The predicted molar refractivity (Wildman–Crippen MR) is 81.3 cm³/mol. The second-order valence-corrected chi connectivity index (χ2v) is 5.55. The van der Waals surface area contributed by atoms with Gasteiger partial charge in [-0.1, -0.05) is 13.3 Å². The molecule has 2 atom stereocenters. The van der Waals surface area contributed by atoms with Gasteiger partial charge in [-0.05, 0) is 25.0 Å². The molecule has 1 fully saturated rings. The zero-order valence-electron chi connectivity index (χ0n) is 13.1. The summed E-state index contributed by atoms with van der Waals surface area (Å²) in [4.78, 5) is 23.6. The number of benzene rings is 1. The van der Waals surface area contributed by atoms with Gasteiger partial charge >= 0.3 is 0 Å². The Labute approximate surface area is 137 Å². The SMILES string of the molecule is CCCC1CC(C(=O)NCC(=O)Nc2ccc(F)c(F)c2F)NN1. The Bertz CT molecular complexity index is 627. The molecule has 1 aliphatic heterocycles. The first kappa shape index (κ1) is 18.2. The van der Waals surface area contributed by atoms with Crippen molar-refractivity contribution in [1.29, 1.82) is 0 Å². The Kier molecular flexibility index (Phi) is 6.16. The summed E-state index contributed by atoms with van der Waals surface area (Å²) in [6.07, 6.45) is 2.50. The average molecular weight is 344 g/mol. The Morgan fingerprint density at radius 3 is 2.67 bits per heavy atom. The summed E-state index contributed by atoms with van der Waals surface area (Å²) < 4.78 is 39.3. The van der Waals surface area contributed by atoms with Crippen LogP contribution in [0.4, 0.5) is 18.9 Å². The van der Waals surface area contributed by atoms with Crippen LogP contribution in [0.3, 0.4) is 0 Å². The zero-order valence-corrected chi connectivity index (χ0v) is 13.1. The van der Waals surface area contributed by atoms with E-state index in [4.69, 9.17) is 0 Å². The minimum Gasteiger partial charge on any atom is -0.346 e. The summed E-state index contributed by atoms with van der Waals surface area (Å²) in [5.41, 5.74) is 5.35. The van der Waals surface area contributed by atoms with Gasteiger partial charge in [0.2, 0.25) is 11.8 Å². The molecular formula is C15H19F3N4O2. The van der Waals surface area contributed by atoms with Gasteiger partial charge in [0.15, 0.2) is 17.5 Å². The topological polar surface area (TPSA) is 82.3 Å². The molecule has 2 rings (SSSR count). The third kappa shape index (κ3) is 4.45. The number of anilines is 1. The fraction of sp³-hybridized carbons (Fsp3) is 0.467. The van der Waals surface area contributed by atoms with Gasteiger partial charge < -0.3 is 10.6 Å². The van der Waals surface area contributed by atoms with Crippen molar-refractivity contribution < 1.29 is 22.8 Å². The maximum absolute atomic E-state index is 13.4. The maximum atomic E-state index is 13.4. The van der Waals surface area contributed by atoms with E-state index < -0.39 is 41.6 Å². The van der Waals surface area contributed by atoms with Gasteiger partial charge in [0.05, 0.1) is 12.2 Å². The van der Waals surface area contributed by atoms with Crippen LogP contribution in [0.1, 0.15) is 26.2 Å². The average Bonchev–Trinajstić information content (AvgIpc) is 3.02. The van der Waals surface area contributed by atoms with Crippen LogP contribution in [-0.4, -0.2) is 30.4 Å². The first-order chi connectivity index (χ1) is 11.4. The third-order valence-electron chi connectivity index (χ3n) is 3.67. The van der Waals surface area contributed by atoms with Gasteiger partial charge in [-0.3, -0.25) is 15.0 Å². The Morgan fingerprint density at radius 1 is 1.21 bits per heavy atom. The molecule has 24 heavy (non-hydrogen) atoms. The van der Waals surface area contributed by atoms with Crippen molar-refractivity contribution in [1.82, 2.24) is 16.2 Å². The summed E-state index contributed by atoms with van der Waals surface area (Å²) in [6, 6.07) is 1.34. The first-order valence-electron chi connectivity index (χ1n) is 7.64. The van der Waals surface area contributed by atoms with E-state index in [1.807, 2.05) is 6.92 Å². The number of halogens is 3. The molecule has 9 heteroatoms. The molecule has 1 aromatic carbocycles. The second-order valence-electron chi connectivity index (χ2n) is 5.55. The lowest BCUT2D eigenvalue weighted by Gasteiger charge is -2.11. The van der Waals surface area contributed by atoms with Crippen LogP contribution in [0.25, 0.3) is 0 Å². The number of rotatable bonds is 6. The van der Waals surface area contributed by atoms with E-state index in [9.17, 15) is 22.8 Å². The second kappa shape index (κ2) is 8.11. The summed E-state index contributed by atoms with van der Waals surface area (Å²) >= 11 is 0. The number of amides is 2. The lowest BCUT2D eigenvalue weighted by molar-refractivity contribution is -0.125. The third-order valence-corrected chi connectivity index (χ3v) is 3.67. The molecular weight excluding hydrogens is 325 g/mol. The number of hydrogen-bond acceptors (Lipinski definition) is 4. The fourth-order valence-electron chi connectivity index (χ4n) is 2.44. The first-order valence-corrected chi connectivity index (χ1v) is 7.64. The van der Waals surface area contributed by atoms with Crippen molar-refractivity contribution >= 4 is 17.5 Å². The molecule has 0 aromatic heterocycles. The minimum atomic E-state index is -1.67. The Balaban J connectivity index is 1.81. The van der Waals surface area contributed by atoms with Gasteiger partial charge in [-0.2, -0.15) is 0 Å². The van der Waals surface area contributed by atoms with Crippen molar-refractivity contribution in [2.75, 3.05) is 11.9 Å². The number of hydrazine groups is 1. The molecule has 1 saturated heterocycles. The van der Waals surface area contributed by atoms with Crippen LogP contribution < -0.4 is 21.5 Å². The van der Waals surface area contributed by atoms with Crippen LogP contribution >= 0.6 is 0 Å². The van der Waals surface area contributed by atoms with Crippen molar-refractivity contribution in [2.24, 2.45) is 0 Å². The van der Waals surface area contributed by atoms with Crippen molar-refractivity contribution in [3.05, 3.63) is 29.6 Å². The summed E-state index contributed by atoms with van der Waals surface area (Å²) in [7, 11) is 0. The number of nitrogens with one attached hydrogen (secondary N) is 4. The van der Waals surface area contributed by atoms with Crippen molar-refractivity contribution in [2.45, 2.75) is 38.3 Å². The van der Waals surface area contributed by atoms with Gasteiger partial charge in [-0.25, -0.2) is 18.6 Å². The lowest BCUT2D eigenvalue weighted by atomic mass is 10.1. The molecule has 0 spiro atoms. The highest BCUT2D eigenvalue weighted by Crippen LogP contribution is 2.19. The fourth-order valence-corrected chi connectivity index (χ4v) is 2.44. The standard InChI is InChI=1S/C15H19F3N4O2/c1-2-3-8-6-11(22-21-8)15(24)19-7-12(23)20-10-5-4-9(16)13(17)14(10)18/h4-5,8,11,21-22H,2-3,6-7H2,1H3,(H,19,24)(H,20,23). The quantitative estimate of drug-likeness (QED) is 0.585. The number of hydrogen-bond donors (Lipinski definition) is 4. The van der Waals surface area contributed by atoms with Gasteiger partial charge in [0.1, 0.15) is 6.04 Å². The van der Waals surface area contributed by atoms with Crippen molar-refractivity contribution in [3.63, 3.8) is 0 Å². The monoisotopic (exact) mass is 344 g/mol. The van der Waals surface area contributed by atoms with E-state index in [0.29, 0.717) is 12.5 Å². The lowest BCUT2D eigenvalue weighted by Crippen LogP contribution is -2.45. The molecule has 1 heterocycles. The van der Waals surface area contributed by atoms with E-state index in [0.717, 1.165) is 18.9 Å². The van der Waals surface area contributed by atoms with E-state index in [2.05, 4.69) is 21.5 Å². The number of carbonyl (C=O) groups excluding carboxylic acids is 2. The van der Waals surface area contributed by atoms with Gasteiger partial charge in [0, 0.05) is 6.04 Å². The molecule has 0 saturated carbocycles. The van der Waals surface area contributed by atoms with Crippen LogP contribution in [-0.2, 0) is 9.59 Å². The smallest absolute Gasteiger partial charge is 0.243 e. The highest BCUT2D eigenvalue weighted by Gasteiger charge is 2.28. The molecule has 132 valence electrons. The van der Waals surface area contributed by atoms with Crippen LogP contribution in [0.15, 0.2) is 12.1 Å². The number of carbonyl (C=O) groups is 2. The van der Waals surface area contributed by atoms with Gasteiger partial charge in [-0.15, -0.1) is 0 Å². The molecule has 1 aliphatic rings. The van der Waals surface area contributed by atoms with Crippen LogP contribution in [0.2, 0.25) is 0 Å².